The van der Waals surface area contributed by atoms with Gasteiger partial charge in [-0.3, -0.25) is 4.79 Å². The zero-order valence-electron chi connectivity index (χ0n) is 19.1. The van der Waals surface area contributed by atoms with Crippen LogP contribution >= 0.6 is 11.6 Å². The highest BCUT2D eigenvalue weighted by atomic mass is 35.5. The van der Waals surface area contributed by atoms with E-state index >= 15 is 0 Å². The lowest BCUT2D eigenvalue weighted by molar-refractivity contribution is -0.142. The van der Waals surface area contributed by atoms with Crippen LogP contribution in [0.2, 0.25) is 5.02 Å². The summed E-state index contributed by atoms with van der Waals surface area (Å²) in [4.78, 5) is 41.8. The fourth-order valence-corrected chi connectivity index (χ4v) is 3.99. The van der Waals surface area contributed by atoms with Crippen molar-refractivity contribution in [2.45, 2.75) is 12.5 Å². The second-order valence-corrected chi connectivity index (χ2v) is 8.46. The van der Waals surface area contributed by atoms with Gasteiger partial charge in [-0.1, -0.05) is 41.9 Å². The van der Waals surface area contributed by atoms with Gasteiger partial charge in [-0.05, 0) is 59.2 Å². The Morgan fingerprint density at radius 2 is 1.72 bits per heavy atom. The van der Waals surface area contributed by atoms with Gasteiger partial charge in [-0.25, -0.2) is 14.6 Å². The van der Waals surface area contributed by atoms with Gasteiger partial charge >= 0.3 is 11.9 Å². The molecule has 1 amide bonds. The first-order valence-electron chi connectivity index (χ1n) is 10.9. The number of esters is 1. The van der Waals surface area contributed by atoms with E-state index in [1.54, 1.807) is 48.5 Å². The number of carbonyl (C=O) groups is 3. The number of aromatic carboxylic acids is 1. The molecular weight excluding hydrogens is 484 g/mol. The number of carboxylic acids is 1. The Balaban J connectivity index is 1.67. The van der Waals surface area contributed by atoms with Gasteiger partial charge < -0.3 is 20.3 Å². The van der Waals surface area contributed by atoms with Gasteiger partial charge in [0.15, 0.2) is 0 Å². The van der Waals surface area contributed by atoms with Crippen LogP contribution in [0.3, 0.4) is 0 Å². The molecule has 0 aliphatic carbocycles. The standard InChI is InChI=1S/C27H21ClN2O6/c1-36-27(35)24(11-15-5-8-19(31)9-6-15)30-25(32)23-14-21(26(33)34)20-13-17(7-10-22(20)29-23)16-3-2-4-18(28)12-16/h2-10,12-14,24,31H,11H2,1H3,(H,30,32)(H,33,34)/t24-/m1/s1. The molecule has 3 aromatic carbocycles. The van der Waals surface area contributed by atoms with Gasteiger partial charge in [-0.15, -0.1) is 0 Å². The van der Waals surface area contributed by atoms with Crippen LogP contribution in [0.5, 0.6) is 5.75 Å². The van der Waals surface area contributed by atoms with Crippen molar-refractivity contribution in [1.82, 2.24) is 10.3 Å². The van der Waals surface area contributed by atoms with Crippen LogP contribution in [0, 0.1) is 0 Å². The van der Waals surface area contributed by atoms with E-state index < -0.39 is 23.9 Å². The van der Waals surface area contributed by atoms with Gasteiger partial charge in [0, 0.05) is 16.8 Å². The predicted molar refractivity (Wildman–Crippen MR) is 134 cm³/mol. The van der Waals surface area contributed by atoms with Crippen molar-refractivity contribution in [3.05, 3.63) is 94.6 Å². The lowest BCUT2D eigenvalue weighted by Gasteiger charge is -2.17. The number of phenols is 1. The molecule has 1 heterocycles. The SMILES string of the molecule is COC(=O)[C@@H](Cc1ccc(O)cc1)NC(=O)c1cc(C(=O)O)c2cc(-c3cccc(Cl)c3)ccc2n1. The number of methoxy groups -OCH3 is 1. The van der Waals surface area contributed by atoms with Crippen LogP contribution in [0.15, 0.2) is 72.8 Å². The number of aromatic hydroxyl groups is 1. The molecule has 3 N–H and O–H groups in total. The maximum absolute atomic E-state index is 13.0. The van der Waals surface area contributed by atoms with E-state index in [0.717, 1.165) is 11.1 Å². The van der Waals surface area contributed by atoms with Crippen molar-refractivity contribution in [1.29, 1.82) is 0 Å². The quantitative estimate of drug-likeness (QED) is 0.317. The monoisotopic (exact) mass is 504 g/mol. The highest BCUT2D eigenvalue weighted by molar-refractivity contribution is 6.30. The first-order valence-corrected chi connectivity index (χ1v) is 11.2. The third-order valence-corrected chi connectivity index (χ3v) is 5.83. The van der Waals surface area contributed by atoms with Gasteiger partial charge in [0.25, 0.3) is 5.91 Å². The molecule has 0 radical (unpaired) electrons. The van der Waals surface area contributed by atoms with Crippen molar-refractivity contribution in [3.63, 3.8) is 0 Å². The number of pyridine rings is 1. The molecule has 0 saturated heterocycles. The van der Waals surface area contributed by atoms with Crippen molar-refractivity contribution in [3.8, 4) is 16.9 Å². The van der Waals surface area contributed by atoms with E-state index in [0.29, 0.717) is 21.5 Å². The Morgan fingerprint density at radius 1 is 1.00 bits per heavy atom. The summed E-state index contributed by atoms with van der Waals surface area (Å²) in [6.45, 7) is 0. The number of aromatic nitrogens is 1. The van der Waals surface area contributed by atoms with Gasteiger partial charge in [-0.2, -0.15) is 0 Å². The zero-order valence-corrected chi connectivity index (χ0v) is 19.8. The summed E-state index contributed by atoms with van der Waals surface area (Å²) in [6.07, 6.45) is 0.0983. The molecule has 8 nitrogen and oxygen atoms in total. The number of phenolic OH excluding ortho intramolecular Hbond substituents is 1. The summed E-state index contributed by atoms with van der Waals surface area (Å²) in [5.41, 5.74) is 2.26. The Bertz CT molecular complexity index is 1470. The second kappa shape index (κ2) is 10.5. The van der Waals surface area contributed by atoms with E-state index in [2.05, 4.69) is 10.3 Å². The molecule has 0 fully saturated rings. The largest absolute Gasteiger partial charge is 0.508 e. The van der Waals surface area contributed by atoms with Gasteiger partial charge in [0.05, 0.1) is 18.2 Å². The molecule has 9 heteroatoms. The minimum Gasteiger partial charge on any atom is -0.508 e. The molecule has 0 bridgehead atoms. The minimum atomic E-state index is -1.23. The van der Waals surface area contributed by atoms with Crippen LogP contribution in [0.1, 0.15) is 26.4 Å². The number of halogens is 1. The number of nitrogens with one attached hydrogen (secondary N) is 1. The Hall–Kier alpha value is -4.43. The number of carbonyl (C=O) groups excluding carboxylic acids is 2. The van der Waals surface area contributed by atoms with Crippen LogP contribution in [-0.2, 0) is 16.0 Å². The Kier molecular flexibility index (Phi) is 7.17. The molecule has 0 saturated carbocycles. The van der Waals surface area contributed by atoms with Gasteiger partial charge in [0.2, 0.25) is 0 Å². The number of benzene rings is 3. The van der Waals surface area contributed by atoms with Crippen LogP contribution in [-0.4, -0.2) is 46.2 Å². The predicted octanol–water partition coefficient (Wildman–Crippen LogP) is 4.47. The van der Waals surface area contributed by atoms with E-state index in [9.17, 15) is 24.6 Å². The normalized spacial score (nSPS) is 11.6. The summed E-state index contributed by atoms with van der Waals surface area (Å²) in [6, 6.07) is 18.5. The first-order chi connectivity index (χ1) is 17.2. The molecule has 0 unspecified atom stereocenters. The van der Waals surface area contributed by atoms with Crippen LogP contribution in [0.25, 0.3) is 22.0 Å². The van der Waals surface area contributed by atoms with E-state index in [-0.39, 0.29) is 23.4 Å². The number of hydrogen-bond donors (Lipinski definition) is 3. The molecule has 182 valence electrons. The summed E-state index contributed by atoms with van der Waals surface area (Å²) >= 11 is 6.09. The molecule has 1 atom stereocenters. The molecule has 1 aromatic heterocycles. The molecule has 0 aliphatic rings. The first kappa shape index (κ1) is 24.7. The number of ether oxygens (including phenoxy) is 1. The molecule has 4 aromatic rings. The maximum Gasteiger partial charge on any atom is 0.336 e. The number of amides is 1. The topological polar surface area (TPSA) is 126 Å². The fourth-order valence-electron chi connectivity index (χ4n) is 3.80. The zero-order chi connectivity index (χ0) is 25.8. The smallest absolute Gasteiger partial charge is 0.336 e. The Morgan fingerprint density at radius 3 is 2.39 bits per heavy atom. The van der Waals surface area contributed by atoms with Gasteiger partial charge in [0.1, 0.15) is 17.5 Å². The summed E-state index contributed by atoms with van der Waals surface area (Å²) < 4.78 is 4.81. The number of rotatable bonds is 7. The third kappa shape index (κ3) is 5.45. The number of fused-ring (bicyclic) bond motifs is 1. The maximum atomic E-state index is 13.0. The van der Waals surface area contributed by atoms with E-state index in [1.165, 1.54) is 25.3 Å². The number of carboxylic acid groups (broad SMARTS) is 1. The second-order valence-electron chi connectivity index (χ2n) is 8.02. The van der Waals surface area contributed by atoms with Crippen LogP contribution < -0.4 is 5.32 Å². The van der Waals surface area contributed by atoms with Crippen molar-refractivity contribution < 1.29 is 29.3 Å². The minimum absolute atomic E-state index is 0.0671. The van der Waals surface area contributed by atoms with Crippen molar-refractivity contribution in [2.24, 2.45) is 0 Å². The summed E-state index contributed by atoms with van der Waals surface area (Å²) in [5, 5.41) is 22.8. The number of nitrogens with zero attached hydrogens (tertiary/aromatic N) is 1. The number of hydrogen-bond acceptors (Lipinski definition) is 6. The molecule has 36 heavy (non-hydrogen) atoms. The van der Waals surface area contributed by atoms with Crippen molar-refractivity contribution >= 4 is 40.3 Å². The Labute approximate surface area is 211 Å². The van der Waals surface area contributed by atoms with Crippen LogP contribution in [0.4, 0.5) is 0 Å². The lowest BCUT2D eigenvalue weighted by atomic mass is 10.00. The summed E-state index contributed by atoms with van der Waals surface area (Å²) in [7, 11) is 1.20. The van der Waals surface area contributed by atoms with E-state index in [1.807, 2.05) is 6.07 Å². The average Bonchev–Trinajstić information content (AvgIpc) is 2.87. The lowest BCUT2D eigenvalue weighted by Crippen LogP contribution is -2.43. The van der Waals surface area contributed by atoms with Crippen molar-refractivity contribution in [2.75, 3.05) is 7.11 Å². The highest BCUT2D eigenvalue weighted by Gasteiger charge is 2.25. The fraction of sp³-hybridized carbons (Fsp3) is 0.111. The molecule has 0 aliphatic heterocycles. The third-order valence-electron chi connectivity index (χ3n) is 5.60. The van der Waals surface area contributed by atoms with E-state index in [4.69, 9.17) is 16.3 Å². The molecular formula is C27H21ClN2O6. The highest BCUT2D eigenvalue weighted by Crippen LogP contribution is 2.28. The molecule has 0 spiro atoms. The average molecular weight is 505 g/mol. The summed E-state index contributed by atoms with van der Waals surface area (Å²) in [5.74, 6) is -2.57. The molecule has 4 rings (SSSR count).